The van der Waals surface area contributed by atoms with E-state index < -0.39 is 36.0 Å². The molecule has 4 aliphatic carbocycles. The number of carbonyl (C=O) groups is 2. The molecule has 0 aliphatic heterocycles. The van der Waals surface area contributed by atoms with Gasteiger partial charge in [0.1, 0.15) is 0 Å². The Balaban J connectivity index is 1.22. The van der Waals surface area contributed by atoms with Crippen molar-refractivity contribution in [1.29, 1.82) is 0 Å². The first kappa shape index (κ1) is 30.8. The van der Waals surface area contributed by atoms with Crippen molar-refractivity contribution in [3.8, 4) is 0 Å². The predicted octanol–water partition coefficient (Wildman–Crippen LogP) is 5.90. The summed E-state index contributed by atoms with van der Waals surface area (Å²) in [6, 6.07) is 0. The van der Waals surface area contributed by atoms with Crippen LogP contribution >= 0.6 is 0 Å². The highest BCUT2D eigenvalue weighted by atomic mass is 16.5. The van der Waals surface area contributed by atoms with E-state index in [-0.39, 0.29) is 10.8 Å². The molecule has 6 atom stereocenters. The fourth-order valence-electron chi connectivity index (χ4n) is 9.02. The van der Waals surface area contributed by atoms with Gasteiger partial charge in [0, 0.05) is 0 Å². The zero-order chi connectivity index (χ0) is 28.5. The van der Waals surface area contributed by atoms with E-state index >= 15 is 0 Å². The molecule has 0 aromatic carbocycles. The summed E-state index contributed by atoms with van der Waals surface area (Å²) in [5.74, 6) is -1.19. The van der Waals surface area contributed by atoms with Gasteiger partial charge in [-0.3, -0.25) is 9.59 Å². The van der Waals surface area contributed by atoms with Gasteiger partial charge in [-0.15, -0.1) is 0 Å². The molecule has 7 nitrogen and oxygen atoms in total. The minimum atomic E-state index is -0.861. The molecule has 224 valence electrons. The Hall–Kier alpha value is -1.18. The molecular weight excluding hydrogens is 496 g/mol. The first-order valence-electron chi connectivity index (χ1n) is 15.8. The Morgan fingerprint density at radius 3 is 1.15 bits per heavy atom. The Morgan fingerprint density at radius 1 is 0.538 bits per heavy atom. The summed E-state index contributed by atoms with van der Waals surface area (Å²) in [4.78, 5) is 23.3. The van der Waals surface area contributed by atoms with E-state index in [1.165, 1.54) is 0 Å². The summed E-state index contributed by atoms with van der Waals surface area (Å²) >= 11 is 0. The monoisotopic (exact) mass is 550 g/mol. The van der Waals surface area contributed by atoms with Gasteiger partial charge in [0.2, 0.25) is 0 Å². The van der Waals surface area contributed by atoms with Gasteiger partial charge in [-0.2, -0.15) is 0 Å². The van der Waals surface area contributed by atoms with E-state index in [4.69, 9.17) is 4.74 Å². The second-order valence-corrected chi connectivity index (χ2v) is 14.8. The van der Waals surface area contributed by atoms with Crippen molar-refractivity contribution in [2.24, 2.45) is 46.3 Å². The molecule has 0 bridgehead atoms. The minimum absolute atomic E-state index is 0.0667. The number of hydrogen-bond donors (Lipinski definition) is 4. The average Bonchev–Trinajstić information content (AvgIpc) is 2.89. The van der Waals surface area contributed by atoms with Gasteiger partial charge in [-0.05, 0) is 124 Å². The summed E-state index contributed by atoms with van der Waals surface area (Å²) in [6.07, 6.45) is 12.1. The van der Waals surface area contributed by atoms with Gasteiger partial charge in [0.25, 0.3) is 0 Å². The molecule has 4 saturated carbocycles. The predicted molar refractivity (Wildman–Crippen MR) is 149 cm³/mol. The van der Waals surface area contributed by atoms with E-state index in [1.807, 2.05) is 0 Å². The molecule has 0 aromatic heterocycles. The van der Waals surface area contributed by atoms with Crippen LogP contribution in [0.3, 0.4) is 0 Å². The maximum Gasteiger partial charge on any atom is 0.309 e. The second kappa shape index (κ2) is 12.4. The van der Waals surface area contributed by atoms with E-state index in [9.17, 15) is 30.0 Å². The fraction of sp³-hybridized carbons (Fsp3) is 0.938. The van der Waals surface area contributed by atoms with Crippen LogP contribution in [0.15, 0.2) is 0 Å². The third-order valence-electron chi connectivity index (χ3n) is 12.2. The number of aliphatic hydroxyl groups excluding tert-OH is 2. The Bertz CT molecular complexity index is 769. The van der Waals surface area contributed by atoms with E-state index in [0.29, 0.717) is 61.6 Å². The molecule has 39 heavy (non-hydrogen) atoms. The summed E-state index contributed by atoms with van der Waals surface area (Å²) in [6.45, 7) is 9.26. The Kier molecular flexibility index (Phi) is 9.75. The number of rotatable bonds is 8. The summed E-state index contributed by atoms with van der Waals surface area (Å²) < 4.78 is 6.65. The summed E-state index contributed by atoms with van der Waals surface area (Å²) in [7, 11) is 0. The maximum absolute atomic E-state index is 11.6. The molecule has 0 amide bonds. The molecule has 6 unspecified atom stereocenters. The number of carboxylic acids is 2. The largest absolute Gasteiger partial charge is 0.481 e. The van der Waals surface area contributed by atoms with Crippen molar-refractivity contribution < 1.29 is 34.8 Å². The highest BCUT2D eigenvalue weighted by molar-refractivity contribution is 5.71. The lowest BCUT2D eigenvalue weighted by Gasteiger charge is -2.48. The maximum atomic E-state index is 11.6. The normalized spacial score (nSPS) is 40.7. The highest BCUT2D eigenvalue weighted by Crippen LogP contribution is 2.52. The van der Waals surface area contributed by atoms with Crippen LogP contribution < -0.4 is 0 Å². The van der Waals surface area contributed by atoms with Crippen molar-refractivity contribution in [3.63, 3.8) is 0 Å². The SMILES string of the molecule is CC(C)(C1CCC(OC2CCC(C(C)(C)C3CCC(O)C(C(=O)O)C3)CC2)CC1)C1CCC(O)C(C(=O)O)C1. The van der Waals surface area contributed by atoms with Crippen LogP contribution in [0.5, 0.6) is 0 Å². The van der Waals surface area contributed by atoms with Gasteiger partial charge < -0.3 is 25.2 Å². The second-order valence-electron chi connectivity index (χ2n) is 14.8. The van der Waals surface area contributed by atoms with Gasteiger partial charge >= 0.3 is 11.9 Å². The smallest absolute Gasteiger partial charge is 0.309 e. The number of aliphatic hydroxyl groups is 2. The molecule has 4 fully saturated rings. The number of hydrogen-bond acceptors (Lipinski definition) is 5. The van der Waals surface area contributed by atoms with Crippen molar-refractivity contribution in [2.45, 2.75) is 142 Å². The first-order valence-corrected chi connectivity index (χ1v) is 15.8. The van der Waals surface area contributed by atoms with E-state index in [1.54, 1.807) is 0 Å². The number of ether oxygens (including phenoxy) is 1. The van der Waals surface area contributed by atoms with Gasteiger partial charge in [-0.25, -0.2) is 0 Å². The lowest BCUT2D eigenvalue weighted by molar-refractivity contribution is -0.151. The molecule has 0 heterocycles. The molecule has 4 rings (SSSR count). The van der Waals surface area contributed by atoms with Gasteiger partial charge in [0.05, 0.1) is 36.3 Å². The summed E-state index contributed by atoms with van der Waals surface area (Å²) in [5, 5.41) is 39.4. The van der Waals surface area contributed by atoms with Crippen molar-refractivity contribution in [2.75, 3.05) is 0 Å². The highest BCUT2D eigenvalue weighted by Gasteiger charge is 2.46. The standard InChI is InChI=1S/C32H54O7/c1-31(2,21-9-15-27(33)25(17-21)29(35)36)19-5-11-23(12-6-19)39-24-13-7-20(8-14-24)32(3,4)22-10-16-28(34)26(18-22)30(37)38/h19-28,33-34H,5-18H2,1-4H3,(H,35,36)(H,37,38). The zero-order valence-electron chi connectivity index (χ0n) is 24.7. The van der Waals surface area contributed by atoms with Crippen LogP contribution in [0.25, 0.3) is 0 Å². The molecule has 7 heteroatoms. The minimum Gasteiger partial charge on any atom is -0.481 e. The van der Waals surface area contributed by atoms with Crippen LogP contribution in [-0.2, 0) is 14.3 Å². The zero-order valence-corrected chi connectivity index (χ0v) is 24.7. The van der Waals surface area contributed by atoms with E-state index in [0.717, 1.165) is 64.2 Å². The third-order valence-corrected chi connectivity index (χ3v) is 12.2. The molecule has 0 saturated heterocycles. The Labute approximate surface area is 235 Å². The van der Waals surface area contributed by atoms with Crippen LogP contribution in [0.4, 0.5) is 0 Å². The third kappa shape index (κ3) is 6.83. The lowest BCUT2D eigenvalue weighted by atomic mass is 9.59. The van der Waals surface area contributed by atoms with Crippen LogP contribution in [0.1, 0.15) is 118 Å². The van der Waals surface area contributed by atoms with E-state index in [2.05, 4.69) is 27.7 Å². The molecule has 0 radical (unpaired) electrons. The van der Waals surface area contributed by atoms with Gasteiger partial charge in [-0.1, -0.05) is 27.7 Å². The number of carboxylic acid groups (broad SMARTS) is 2. The van der Waals surface area contributed by atoms with Crippen LogP contribution in [-0.4, -0.2) is 56.8 Å². The molecule has 4 N–H and O–H groups in total. The molecule has 0 spiro atoms. The topological polar surface area (TPSA) is 124 Å². The molecule has 0 aromatic rings. The van der Waals surface area contributed by atoms with Crippen molar-refractivity contribution >= 4 is 11.9 Å². The lowest BCUT2D eigenvalue weighted by Crippen LogP contribution is -2.44. The fourth-order valence-corrected chi connectivity index (χ4v) is 9.02. The van der Waals surface area contributed by atoms with Crippen LogP contribution in [0, 0.1) is 46.3 Å². The van der Waals surface area contributed by atoms with Crippen molar-refractivity contribution in [3.05, 3.63) is 0 Å². The Morgan fingerprint density at radius 2 is 0.846 bits per heavy atom. The van der Waals surface area contributed by atoms with Crippen molar-refractivity contribution in [1.82, 2.24) is 0 Å². The van der Waals surface area contributed by atoms with Gasteiger partial charge in [0.15, 0.2) is 0 Å². The first-order chi connectivity index (χ1) is 18.3. The van der Waals surface area contributed by atoms with Crippen LogP contribution in [0.2, 0.25) is 0 Å². The molecule has 4 aliphatic rings. The molecular formula is C32H54O7. The summed E-state index contributed by atoms with van der Waals surface area (Å²) in [5.41, 5.74) is 0.133. The quantitative estimate of drug-likeness (QED) is 0.297. The number of aliphatic carboxylic acids is 2. The average molecular weight is 551 g/mol.